The Morgan fingerprint density at radius 1 is 1.15 bits per heavy atom. The van der Waals surface area contributed by atoms with Crippen molar-refractivity contribution in [3.63, 3.8) is 0 Å². The number of nitrogens with zero attached hydrogens (tertiary/aromatic N) is 1. The van der Waals surface area contributed by atoms with E-state index >= 15 is 0 Å². The number of carboxylic acid groups (broad SMARTS) is 1. The van der Waals surface area contributed by atoms with Gasteiger partial charge < -0.3 is 19.9 Å². The summed E-state index contributed by atoms with van der Waals surface area (Å²) in [6.45, 7) is 4.53. The van der Waals surface area contributed by atoms with Gasteiger partial charge in [-0.25, -0.2) is 9.78 Å². The number of aromatic nitrogens is 1. The summed E-state index contributed by atoms with van der Waals surface area (Å²) in [6, 6.07) is 15.1. The van der Waals surface area contributed by atoms with Gasteiger partial charge in [-0.05, 0) is 17.5 Å². The molecule has 0 spiro atoms. The van der Waals surface area contributed by atoms with Gasteiger partial charge in [-0.2, -0.15) is 0 Å². The van der Waals surface area contributed by atoms with Crippen molar-refractivity contribution < 1.29 is 24.2 Å². The van der Waals surface area contributed by atoms with E-state index in [0.29, 0.717) is 18.1 Å². The van der Waals surface area contributed by atoms with Crippen molar-refractivity contribution >= 4 is 23.2 Å². The Morgan fingerprint density at radius 2 is 1.91 bits per heavy atom. The molecule has 33 heavy (non-hydrogen) atoms. The van der Waals surface area contributed by atoms with E-state index in [1.165, 1.54) is 11.3 Å². The van der Waals surface area contributed by atoms with Crippen molar-refractivity contribution in [2.45, 2.75) is 32.9 Å². The highest BCUT2D eigenvalue weighted by atomic mass is 32.1. The van der Waals surface area contributed by atoms with Crippen molar-refractivity contribution in [1.82, 2.24) is 10.3 Å². The molecule has 2 N–H and O–H groups in total. The summed E-state index contributed by atoms with van der Waals surface area (Å²) < 4.78 is 11.0. The molecular formula is C25H28N2O5S. The number of carbonyl (C=O) groups is 2. The molecule has 0 radical (unpaired) electrons. The molecule has 0 fully saturated rings. The first-order valence-electron chi connectivity index (χ1n) is 10.7. The number of carboxylic acids is 1. The Kier molecular flexibility index (Phi) is 8.57. The lowest BCUT2D eigenvalue weighted by atomic mass is 10.0. The predicted octanol–water partition coefficient (Wildman–Crippen LogP) is 4.42. The van der Waals surface area contributed by atoms with Crippen LogP contribution < -0.4 is 10.1 Å². The smallest absolute Gasteiger partial charge is 0.333 e. The third-order valence-corrected chi connectivity index (χ3v) is 5.76. The lowest BCUT2D eigenvalue weighted by Crippen LogP contribution is -2.28. The summed E-state index contributed by atoms with van der Waals surface area (Å²) in [7, 11) is 1.55. The van der Waals surface area contributed by atoms with Gasteiger partial charge in [0.05, 0.1) is 13.7 Å². The molecule has 0 saturated carbocycles. The van der Waals surface area contributed by atoms with Gasteiger partial charge in [0, 0.05) is 29.5 Å². The van der Waals surface area contributed by atoms with Crippen molar-refractivity contribution in [2.24, 2.45) is 5.92 Å². The molecule has 2 aromatic carbocycles. The van der Waals surface area contributed by atoms with E-state index in [4.69, 9.17) is 9.47 Å². The fourth-order valence-corrected chi connectivity index (χ4v) is 4.00. The molecule has 1 aromatic heterocycles. The molecule has 174 valence electrons. The molecule has 1 unspecified atom stereocenters. The van der Waals surface area contributed by atoms with Crippen molar-refractivity contribution in [1.29, 1.82) is 0 Å². The first-order chi connectivity index (χ1) is 15.9. The Bertz CT molecular complexity index is 1080. The maximum absolute atomic E-state index is 12.7. The molecule has 8 heteroatoms. The average Bonchev–Trinajstić information content (AvgIpc) is 3.31. The van der Waals surface area contributed by atoms with Gasteiger partial charge in [0.15, 0.2) is 6.10 Å². The summed E-state index contributed by atoms with van der Waals surface area (Å²) in [4.78, 5) is 28.7. The van der Waals surface area contributed by atoms with Gasteiger partial charge in [-0.3, -0.25) is 4.79 Å². The lowest BCUT2D eigenvalue weighted by Gasteiger charge is -2.17. The standard InChI is InChI=1S/C25H28N2O5S/c1-16(2)14-32-22(25(29)30)12-17-9-10-21(31-3)19(11-17)13-26-23(28)20-15-33-24(27-20)18-7-5-4-6-8-18/h4-11,15-16,22H,12-14H2,1-3H3,(H,26,28)(H,29,30). The first kappa shape index (κ1) is 24.4. The Morgan fingerprint density at radius 3 is 2.58 bits per heavy atom. The van der Waals surface area contributed by atoms with Crippen LogP contribution in [0.15, 0.2) is 53.9 Å². The number of thiazole rings is 1. The number of hydrogen-bond acceptors (Lipinski definition) is 6. The Hall–Kier alpha value is -3.23. The average molecular weight is 469 g/mol. The molecule has 1 heterocycles. The second-order valence-electron chi connectivity index (χ2n) is 7.99. The molecule has 0 aliphatic rings. The van der Waals surface area contributed by atoms with Crippen molar-refractivity contribution in [2.75, 3.05) is 13.7 Å². The van der Waals surface area contributed by atoms with Gasteiger partial charge in [-0.15, -0.1) is 11.3 Å². The van der Waals surface area contributed by atoms with Crippen LogP contribution >= 0.6 is 11.3 Å². The van der Waals surface area contributed by atoms with Gasteiger partial charge in [0.1, 0.15) is 16.5 Å². The molecule has 0 bridgehead atoms. The number of benzene rings is 2. The third-order valence-electron chi connectivity index (χ3n) is 4.87. The molecular weight excluding hydrogens is 440 g/mol. The summed E-state index contributed by atoms with van der Waals surface area (Å²) in [5, 5.41) is 14.9. The van der Waals surface area contributed by atoms with E-state index in [1.54, 1.807) is 18.6 Å². The molecule has 1 atom stereocenters. The van der Waals surface area contributed by atoms with Gasteiger partial charge in [-0.1, -0.05) is 56.3 Å². The van der Waals surface area contributed by atoms with Crippen LogP contribution in [-0.2, 0) is 22.5 Å². The Labute approximate surface area is 197 Å². The molecule has 0 aliphatic heterocycles. The van der Waals surface area contributed by atoms with E-state index in [-0.39, 0.29) is 24.8 Å². The fourth-order valence-electron chi connectivity index (χ4n) is 3.19. The minimum absolute atomic E-state index is 0.221. The van der Waals surface area contributed by atoms with E-state index in [0.717, 1.165) is 21.7 Å². The zero-order valence-corrected chi connectivity index (χ0v) is 19.7. The van der Waals surface area contributed by atoms with E-state index < -0.39 is 12.1 Å². The van der Waals surface area contributed by atoms with Crippen LogP contribution in [0.4, 0.5) is 0 Å². The van der Waals surface area contributed by atoms with Gasteiger partial charge in [0.25, 0.3) is 5.91 Å². The number of methoxy groups -OCH3 is 1. The number of aliphatic carboxylic acids is 1. The summed E-state index contributed by atoms with van der Waals surface area (Å²) in [6.07, 6.45) is -0.714. The highest BCUT2D eigenvalue weighted by molar-refractivity contribution is 7.13. The number of rotatable bonds is 11. The number of hydrogen-bond donors (Lipinski definition) is 2. The van der Waals surface area contributed by atoms with Crippen molar-refractivity contribution in [3.05, 3.63) is 70.7 Å². The number of carbonyl (C=O) groups excluding carboxylic acids is 1. The maximum atomic E-state index is 12.7. The SMILES string of the molecule is COc1ccc(CC(OCC(C)C)C(=O)O)cc1CNC(=O)c1csc(-c2ccccc2)n1. The van der Waals surface area contributed by atoms with Crippen LogP contribution in [0.3, 0.4) is 0 Å². The predicted molar refractivity (Wildman–Crippen MR) is 128 cm³/mol. The minimum Gasteiger partial charge on any atom is -0.496 e. The third kappa shape index (κ3) is 6.87. The summed E-state index contributed by atoms with van der Waals surface area (Å²) in [5.74, 6) is -0.442. The molecule has 1 amide bonds. The van der Waals surface area contributed by atoms with Crippen molar-refractivity contribution in [3.8, 4) is 16.3 Å². The summed E-state index contributed by atoms with van der Waals surface area (Å²) >= 11 is 1.41. The number of nitrogens with one attached hydrogen (secondary N) is 1. The maximum Gasteiger partial charge on any atom is 0.333 e. The molecule has 0 aliphatic carbocycles. The fraction of sp³-hybridized carbons (Fsp3) is 0.320. The van der Waals surface area contributed by atoms with E-state index in [1.807, 2.05) is 56.3 Å². The zero-order valence-electron chi connectivity index (χ0n) is 18.9. The van der Waals surface area contributed by atoms with Crippen LogP contribution in [0.5, 0.6) is 5.75 Å². The van der Waals surface area contributed by atoms with Gasteiger partial charge in [0.2, 0.25) is 0 Å². The highest BCUT2D eigenvalue weighted by Gasteiger charge is 2.20. The first-order valence-corrected chi connectivity index (χ1v) is 11.5. The Balaban J connectivity index is 1.68. The van der Waals surface area contributed by atoms with E-state index in [9.17, 15) is 14.7 Å². The second-order valence-corrected chi connectivity index (χ2v) is 8.85. The van der Waals surface area contributed by atoms with Gasteiger partial charge >= 0.3 is 5.97 Å². The van der Waals surface area contributed by atoms with E-state index in [2.05, 4.69) is 10.3 Å². The van der Waals surface area contributed by atoms with Crippen LogP contribution in [-0.4, -0.2) is 41.8 Å². The monoisotopic (exact) mass is 468 g/mol. The normalized spacial score (nSPS) is 11.9. The quantitative estimate of drug-likeness (QED) is 0.432. The number of ether oxygens (including phenoxy) is 2. The molecule has 3 rings (SSSR count). The number of amides is 1. The molecule has 3 aromatic rings. The minimum atomic E-state index is -1.00. The van der Waals surface area contributed by atoms with Crippen LogP contribution in [0.1, 0.15) is 35.5 Å². The highest BCUT2D eigenvalue weighted by Crippen LogP contribution is 2.24. The van der Waals surface area contributed by atoms with Crippen LogP contribution in [0, 0.1) is 5.92 Å². The van der Waals surface area contributed by atoms with Crippen LogP contribution in [0.25, 0.3) is 10.6 Å². The topological polar surface area (TPSA) is 97.8 Å². The second kappa shape index (κ2) is 11.6. The largest absolute Gasteiger partial charge is 0.496 e. The lowest BCUT2D eigenvalue weighted by molar-refractivity contribution is -0.150. The summed E-state index contributed by atoms with van der Waals surface area (Å²) in [5.41, 5.74) is 2.84. The molecule has 7 nitrogen and oxygen atoms in total. The zero-order chi connectivity index (χ0) is 23.8. The molecule has 0 saturated heterocycles. The van der Waals surface area contributed by atoms with Crippen LogP contribution in [0.2, 0.25) is 0 Å².